The first-order valence-corrected chi connectivity index (χ1v) is 9.48. The summed E-state index contributed by atoms with van der Waals surface area (Å²) in [5, 5.41) is 7.21. The maximum atomic E-state index is 12.8. The molecule has 5 heteroatoms. The molecule has 5 aromatic rings. The highest BCUT2D eigenvalue weighted by Crippen LogP contribution is 2.29. The third-order valence-corrected chi connectivity index (χ3v) is 5.33. The van der Waals surface area contributed by atoms with E-state index in [2.05, 4.69) is 10.3 Å². The Kier molecular flexibility index (Phi) is 3.73. The van der Waals surface area contributed by atoms with Gasteiger partial charge in [-0.25, -0.2) is 4.98 Å². The van der Waals surface area contributed by atoms with Crippen LogP contribution in [0.1, 0.15) is 10.4 Å². The average molecular weight is 369 g/mol. The Bertz CT molecular complexity index is 1260. The van der Waals surface area contributed by atoms with Crippen molar-refractivity contribution < 1.29 is 4.79 Å². The third-order valence-electron chi connectivity index (χ3n) is 4.56. The van der Waals surface area contributed by atoms with Gasteiger partial charge in [-0.1, -0.05) is 48.5 Å². The number of anilines is 1. The van der Waals surface area contributed by atoms with Gasteiger partial charge in [0.2, 0.25) is 0 Å². The summed E-state index contributed by atoms with van der Waals surface area (Å²) in [5.41, 5.74) is 3.13. The van der Waals surface area contributed by atoms with Crippen molar-refractivity contribution in [1.29, 1.82) is 0 Å². The molecule has 0 bridgehead atoms. The Morgan fingerprint density at radius 3 is 2.67 bits per heavy atom. The number of carbonyl (C=O) groups excluding carboxylic acids is 1. The lowest BCUT2D eigenvalue weighted by Crippen LogP contribution is -2.12. The predicted octanol–water partition coefficient (Wildman–Crippen LogP) is 5.47. The number of hydrogen-bond acceptors (Lipinski definition) is 3. The third kappa shape index (κ3) is 2.88. The van der Waals surface area contributed by atoms with Crippen LogP contribution < -0.4 is 5.32 Å². The zero-order valence-electron chi connectivity index (χ0n) is 14.3. The Morgan fingerprint density at radius 1 is 0.963 bits per heavy atom. The number of benzene rings is 3. The molecule has 1 N–H and O–H groups in total. The number of amides is 1. The van der Waals surface area contributed by atoms with Crippen molar-refractivity contribution in [2.45, 2.75) is 0 Å². The molecule has 4 nitrogen and oxygen atoms in total. The molecular formula is C22H15N3OS. The summed E-state index contributed by atoms with van der Waals surface area (Å²) in [7, 11) is 0. The second kappa shape index (κ2) is 6.37. The van der Waals surface area contributed by atoms with Crippen LogP contribution >= 0.6 is 11.3 Å². The summed E-state index contributed by atoms with van der Waals surface area (Å²) >= 11 is 1.59. The average Bonchev–Trinajstić information content (AvgIpc) is 3.30. The van der Waals surface area contributed by atoms with Crippen LogP contribution in [0.25, 0.3) is 27.0 Å². The van der Waals surface area contributed by atoms with Crippen LogP contribution in [0.5, 0.6) is 0 Å². The van der Waals surface area contributed by atoms with Gasteiger partial charge >= 0.3 is 0 Å². The van der Waals surface area contributed by atoms with Crippen molar-refractivity contribution >= 4 is 38.7 Å². The number of rotatable bonds is 3. The first-order valence-electron chi connectivity index (χ1n) is 8.60. The van der Waals surface area contributed by atoms with E-state index < -0.39 is 0 Å². The van der Waals surface area contributed by atoms with E-state index in [1.807, 2.05) is 88.9 Å². The summed E-state index contributed by atoms with van der Waals surface area (Å²) in [6, 6.07) is 21.5. The Hall–Kier alpha value is -3.44. The minimum atomic E-state index is -0.130. The maximum absolute atomic E-state index is 12.8. The van der Waals surface area contributed by atoms with E-state index in [1.165, 1.54) is 0 Å². The van der Waals surface area contributed by atoms with Crippen LogP contribution in [-0.4, -0.2) is 15.3 Å². The number of aromatic nitrogens is 2. The first kappa shape index (κ1) is 15.8. The quantitative estimate of drug-likeness (QED) is 0.458. The fraction of sp³-hybridized carbons (Fsp3) is 0. The second-order valence-electron chi connectivity index (χ2n) is 6.28. The largest absolute Gasteiger partial charge is 0.321 e. The molecule has 0 atom stereocenters. The smallest absolute Gasteiger partial charge is 0.255 e. The van der Waals surface area contributed by atoms with E-state index in [9.17, 15) is 4.79 Å². The summed E-state index contributed by atoms with van der Waals surface area (Å²) in [6.07, 6.45) is 3.96. The zero-order chi connectivity index (χ0) is 18.2. The van der Waals surface area contributed by atoms with Gasteiger partial charge in [-0.2, -0.15) is 0 Å². The number of thiazole rings is 1. The van der Waals surface area contributed by atoms with Gasteiger partial charge in [0, 0.05) is 28.9 Å². The normalized spacial score (nSPS) is 11.1. The molecule has 0 aliphatic heterocycles. The minimum absolute atomic E-state index is 0.130. The van der Waals surface area contributed by atoms with E-state index in [-0.39, 0.29) is 5.91 Å². The van der Waals surface area contributed by atoms with Gasteiger partial charge in [0.15, 0.2) is 4.96 Å². The van der Waals surface area contributed by atoms with E-state index in [4.69, 9.17) is 0 Å². The molecule has 27 heavy (non-hydrogen) atoms. The molecule has 0 aliphatic rings. The lowest BCUT2D eigenvalue weighted by molar-refractivity contribution is 0.102. The SMILES string of the molecule is O=C(Nc1ccccc1-c1cn2ccsc2n1)c1ccc2ccccc2c1. The Labute approximate surface area is 159 Å². The molecule has 0 fully saturated rings. The van der Waals surface area contributed by atoms with Gasteiger partial charge in [0.25, 0.3) is 5.91 Å². The van der Waals surface area contributed by atoms with E-state index in [0.717, 1.165) is 32.7 Å². The molecule has 0 aliphatic carbocycles. The number of hydrogen-bond donors (Lipinski definition) is 1. The van der Waals surface area contributed by atoms with Gasteiger partial charge in [-0.15, -0.1) is 11.3 Å². The lowest BCUT2D eigenvalue weighted by Gasteiger charge is -2.10. The number of para-hydroxylation sites is 1. The summed E-state index contributed by atoms with van der Waals surface area (Å²) in [4.78, 5) is 18.4. The van der Waals surface area contributed by atoms with Crippen LogP contribution in [0.3, 0.4) is 0 Å². The van der Waals surface area contributed by atoms with Crippen LogP contribution in [0, 0.1) is 0 Å². The van der Waals surface area contributed by atoms with Crippen LogP contribution in [0.2, 0.25) is 0 Å². The molecule has 3 aromatic carbocycles. The van der Waals surface area contributed by atoms with E-state index in [1.54, 1.807) is 11.3 Å². The number of nitrogens with one attached hydrogen (secondary N) is 1. The molecular weight excluding hydrogens is 354 g/mol. The monoisotopic (exact) mass is 369 g/mol. The molecule has 1 amide bonds. The number of imidazole rings is 1. The van der Waals surface area contributed by atoms with Crippen molar-refractivity contribution in [3.05, 3.63) is 90.1 Å². The highest BCUT2D eigenvalue weighted by molar-refractivity contribution is 7.15. The zero-order valence-corrected chi connectivity index (χ0v) is 15.1. The number of nitrogens with zero attached hydrogens (tertiary/aromatic N) is 2. The van der Waals surface area contributed by atoms with Crippen molar-refractivity contribution in [3.8, 4) is 11.3 Å². The molecule has 0 radical (unpaired) electrons. The van der Waals surface area contributed by atoms with Gasteiger partial charge < -0.3 is 5.32 Å². The molecule has 2 heterocycles. The molecule has 0 unspecified atom stereocenters. The van der Waals surface area contributed by atoms with Gasteiger partial charge in [-0.05, 0) is 29.0 Å². The fourth-order valence-corrected chi connectivity index (χ4v) is 3.90. The highest BCUT2D eigenvalue weighted by Gasteiger charge is 2.13. The van der Waals surface area contributed by atoms with Gasteiger partial charge in [-0.3, -0.25) is 9.20 Å². The molecule has 2 aromatic heterocycles. The molecule has 0 saturated carbocycles. The Balaban J connectivity index is 1.49. The van der Waals surface area contributed by atoms with E-state index in [0.29, 0.717) is 5.56 Å². The second-order valence-corrected chi connectivity index (χ2v) is 7.15. The summed E-state index contributed by atoms with van der Waals surface area (Å²) in [5.74, 6) is -0.130. The van der Waals surface area contributed by atoms with Crippen LogP contribution in [-0.2, 0) is 0 Å². The Morgan fingerprint density at radius 2 is 1.78 bits per heavy atom. The fourth-order valence-electron chi connectivity index (χ4n) is 3.20. The van der Waals surface area contributed by atoms with E-state index >= 15 is 0 Å². The van der Waals surface area contributed by atoms with Crippen molar-refractivity contribution in [1.82, 2.24) is 9.38 Å². The minimum Gasteiger partial charge on any atom is -0.321 e. The van der Waals surface area contributed by atoms with Gasteiger partial charge in [0.05, 0.1) is 11.4 Å². The molecule has 130 valence electrons. The summed E-state index contributed by atoms with van der Waals surface area (Å²) < 4.78 is 1.99. The standard InChI is InChI=1S/C22H15N3OS/c26-21(17-10-9-15-5-1-2-6-16(15)13-17)23-19-8-4-3-7-18(19)20-14-25-11-12-27-22(25)24-20/h1-14H,(H,23,26). The van der Waals surface area contributed by atoms with Crippen molar-refractivity contribution in [3.63, 3.8) is 0 Å². The maximum Gasteiger partial charge on any atom is 0.255 e. The molecule has 0 saturated heterocycles. The number of fused-ring (bicyclic) bond motifs is 2. The summed E-state index contributed by atoms with van der Waals surface area (Å²) in [6.45, 7) is 0. The van der Waals surface area contributed by atoms with Gasteiger partial charge in [0.1, 0.15) is 0 Å². The molecule has 0 spiro atoms. The highest BCUT2D eigenvalue weighted by atomic mass is 32.1. The lowest BCUT2D eigenvalue weighted by atomic mass is 10.1. The predicted molar refractivity (Wildman–Crippen MR) is 110 cm³/mol. The molecule has 5 rings (SSSR count). The van der Waals surface area contributed by atoms with Crippen LogP contribution in [0.4, 0.5) is 5.69 Å². The topological polar surface area (TPSA) is 46.4 Å². The number of carbonyl (C=O) groups is 1. The van der Waals surface area contributed by atoms with Crippen LogP contribution in [0.15, 0.2) is 84.5 Å². The first-order chi connectivity index (χ1) is 13.3. The van der Waals surface area contributed by atoms with Crippen molar-refractivity contribution in [2.75, 3.05) is 5.32 Å². The van der Waals surface area contributed by atoms with Crippen molar-refractivity contribution in [2.24, 2.45) is 0 Å².